The molecule has 0 radical (unpaired) electrons. The second-order valence-corrected chi connectivity index (χ2v) is 9.40. The first-order chi connectivity index (χ1) is 17.0. The molecule has 3 aromatic rings. The molecule has 8 heteroatoms. The van der Waals surface area contributed by atoms with Crippen molar-refractivity contribution < 1.29 is 33.6 Å². The number of carbonyl (C=O) groups excluding carboxylic acids is 1. The third-order valence-electron chi connectivity index (χ3n) is 6.85. The van der Waals surface area contributed by atoms with Gasteiger partial charge in [0.25, 0.3) is 0 Å². The molecule has 182 valence electrons. The molecule has 1 aliphatic carbocycles. The zero-order valence-electron chi connectivity index (χ0n) is 19.5. The van der Waals surface area contributed by atoms with Gasteiger partial charge in [-0.3, -0.25) is 4.79 Å². The summed E-state index contributed by atoms with van der Waals surface area (Å²) in [5.74, 6) is 2.31. The highest BCUT2D eigenvalue weighted by Crippen LogP contribution is 2.59. The van der Waals surface area contributed by atoms with Crippen molar-refractivity contribution in [2.24, 2.45) is 5.92 Å². The van der Waals surface area contributed by atoms with Crippen LogP contribution >= 0.6 is 15.9 Å². The van der Waals surface area contributed by atoms with Gasteiger partial charge in [0, 0.05) is 17.4 Å². The van der Waals surface area contributed by atoms with Crippen LogP contribution in [0.25, 0.3) is 0 Å². The number of rotatable bonds is 7. The minimum absolute atomic E-state index is 0.0224. The number of para-hydroxylation sites is 1. The van der Waals surface area contributed by atoms with Crippen molar-refractivity contribution >= 4 is 21.7 Å². The topological polar surface area (TPSA) is 83.5 Å². The number of fused-ring (bicyclic) bond motifs is 1. The maximum Gasteiger partial charge on any atom is 0.231 e. The number of carbonyl (C=O) groups is 1. The molecule has 7 nitrogen and oxygen atoms in total. The van der Waals surface area contributed by atoms with Gasteiger partial charge in [0.05, 0.1) is 31.4 Å². The predicted octanol–water partition coefficient (Wildman–Crippen LogP) is 5.68. The van der Waals surface area contributed by atoms with Gasteiger partial charge >= 0.3 is 0 Å². The molecule has 0 spiro atoms. The molecule has 0 amide bonds. The summed E-state index contributed by atoms with van der Waals surface area (Å²) in [4.78, 5) is 13.6. The van der Waals surface area contributed by atoms with E-state index in [-0.39, 0.29) is 36.1 Å². The minimum Gasteiger partial charge on any atom is -0.507 e. The quantitative estimate of drug-likeness (QED) is 0.386. The standard InChI is InChI=1S/C27H25BrO7/c1-31-21-12-19(28)22(32-2)11-16(21)17-10-18(26(30)15-6-4-5-7-20(15)29)25(17)14-8-23(33-3)27-24(9-14)34-13-35-27/h4-9,11-12,17-18,25,29H,10,13H2,1-3H3/t17-,18-,25-/m1/s1. The van der Waals surface area contributed by atoms with Gasteiger partial charge in [-0.15, -0.1) is 0 Å². The minimum atomic E-state index is -0.363. The molecular formula is C27H25BrO7. The molecule has 5 rings (SSSR count). The Kier molecular flexibility index (Phi) is 6.23. The zero-order valence-corrected chi connectivity index (χ0v) is 21.1. The Hall–Kier alpha value is -3.39. The molecule has 3 aromatic carbocycles. The predicted molar refractivity (Wildman–Crippen MR) is 132 cm³/mol. The number of ether oxygens (including phenoxy) is 5. The lowest BCUT2D eigenvalue weighted by molar-refractivity contribution is 0.0775. The number of benzene rings is 3. The molecule has 1 heterocycles. The lowest BCUT2D eigenvalue weighted by Gasteiger charge is -2.45. The first-order valence-electron chi connectivity index (χ1n) is 11.2. The van der Waals surface area contributed by atoms with E-state index in [1.54, 1.807) is 39.5 Å². The Morgan fingerprint density at radius 2 is 1.71 bits per heavy atom. The van der Waals surface area contributed by atoms with Gasteiger partial charge in [-0.2, -0.15) is 0 Å². The number of hydrogen-bond acceptors (Lipinski definition) is 7. The van der Waals surface area contributed by atoms with Gasteiger partial charge in [-0.05, 0) is 70.2 Å². The van der Waals surface area contributed by atoms with E-state index in [4.69, 9.17) is 23.7 Å². The van der Waals surface area contributed by atoms with Gasteiger partial charge < -0.3 is 28.8 Å². The van der Waals surface area contributed by atoms with Gasteiger partial charge in [0.15, 0.2) is 17.3 Å². The monoisotopic (exact) mass is 540 g/mol. The third kappa shape index (κ3) is 3.95. The lowest BCUT2D eigenvalue weighted by atomic mass is 9.57. The zero-order chi connectivity index (χ0) is 24.7. The van der Waals surface area contributed by atoms with Crippen molar-refractivity contribution in [2.75, 3.05) is 28.1 Å². The molecule has 0 saturated heterocycles. The second-order valence-electron chi connectivity index (χ2n) is 8.54. The van der Waals surface area contributed by atoms with Crippen LogP contribution < -0.4 is 23.7 Å². The number of Topliss-reactive ketones (excluding diaryl/α,β-unsaturated/α-hetero) is 1. The Labute approximate surface area is 211 Å². The van der Waals surface area contributed by atoms with Gasteiger partial charge in [-0.25, -0.2) is 0 Å². The average Bonchev–Trinajstić information content (AvgIpc) is 3.32. The summed E-state index contributed by atoms with van der Waals surface area (Å²) in [5, 5.41) is 10.4. The highest BCUT2D eigenvalue weighted by Gasteiger charge is 2.49. The molecule has 2 aliphatic rings. The number of aromatic hydroxyl groups is 1. The molecule has 3 atom stereocenters. The average molecular weight is 541 g/mol. The molecule has 0 aromatic heterocycles. The SMILES string of the molecule is COc1cc([C@H]2C[C@@H](C(=O)c3ccccc3O)[C@@H]2c2cc(OC)c3c(c2)OCO3)c(OC)cc1Br. The van der Waals surface area contributed by atoms with Crippen LogP contribution in [0.1, 0.15) is 39.7 Å². The number of hydrogen-bond donors (Lipinski definition) is 1. The molecule has 0 unspecified atom stereocenters. The summed E-state index contributed by atoms with van der Waals surface area (Å²) >= 11 is 3.52. The summed E-state index contributed by atoms with van der Waals surface area (Å²) in [6, 6.07) is 14.3. The molecule has 35 heavy (non-hydrogen) atoms. The van der Waals surface area contributed by atoms with Crippen LogP contribution in [0.5, 0.6) is 34.5 Å². The summed E-state index contributed by atoms with van der Waals surface area (Å²) < 4.78 is 28.8. The summed E-state index contributed by atoms with van der Waals surface area (Å²) in [6.07, 6.45) is 0.579. The maximum atomic E-state index is 13.6. The second kappa shape index (κ2) is 9.34. The number of ketones is 1. The number of phenols is 1. The number of phenolic OH excluding ortho intramolecular Hbond substituents is 1. The molecular weight excluding hydrogens is 516 g/mol. The normalized spacial score (nSPS) is 20.2. The van der Waals surface area contributed by atoms with Gasteiger partial charge in [0.1, 0.15) is 17.2 Å². The highest BCUT2D eigenvalue weighted by atomic mass is 79.9. The van der Waals surface area contributed by atoms with E-state index in [9.17, 15) is 9.90 Å². The van der Waals surface area contributed by atoms with E-state index in [2.05, 4.69) is 15.9 Å². The molecule has 1 fully saturated rings. The fraction of sp³-hybridized carbons (Fsp3) is 0.296. The first-order valence-corrected chi connectivity index (χ1v) is 12.0. The Bertz CT molecular complexity index is 1290. The van der Waals surface area contributed by atoms with Crippen molar-refractivity contribution in [1.82, 2.24) is 0 Å². The van der Waals surface area contributed by atoms with Crippen LogP contribution in [0, 0.1) is 5.92 Å². The largest absolute Gasteiger partial charge is 0.507 e. The van der Waals surface area contributed by atoms with Crippen LogP contribution in [0.2, 0.25) is 0 Å². The summed E-state index contributed by atoms with van der Waals surface area (Å²) in [7, 11) is 4.81. The highest BCUT2D eigenvalue weighted by molar-refractivity contribution is 9.10. The smallest absolute Gasteiger partial charge is 0.231 e. The van der Waals surface area contributed by atoms with Crippen molar-refractivity contribution in [3.05, 3.63) is 69.7 Å². The van der Waals surface area contributed by atoms with E-state index in [0.29, 0.717) is 40.7 Å². The Balaban J connectivity index is 1.62. The van der Waals surface area contributed by atoms with Crippen LogP contribution in [0.4, 0.5) is 0 Å². The fourth-order valence-electron chi connectivity index (χ4n) is 5.10. The lowest BCUT2D eigenvalue weighted by Crippen LogP contribution is -2.38. The van der Waals surface area contributed by atoms with Crippen molar-refractivity contribution in [1.29, 1.82) is 0 Å². The first kappa shape index (κ1) is 23.4. The summed E-state index contributed by atoms with van der Waals surface area (Å²) in [5.41, 5.74) is 2.14. The van der Waals surface area contributed by atoms with Gasteiger partial charge in [0.2, 0.25) is 12.5 Å². The molecule has 1 saturated carbocycles. The van der Waals surface area contributed by atoms with Crippen LogP contribution in [0.15, 0.2) is 53.0 Å². The molecule has 1 N–H and O–H groups in total. The van der Waals surface area contributed by atoms with E-state index < -0.39 is 0 Å². The van der Waals surface area contributed by atoms with Crippen LogP contribution in [-0.2, 0) is 0 Å². The summed E-state index contributed by atoms with van der Waals surface area (Å²) in [6.45, 7) is 0.112. The number of halogens is 1. The van der Waals surface area contributed by atoms with Crippen molar-refractivity contribution in [2.45, 2.75) is 18.3 Å². The maximum absolute atomic E-state index is 13.6. The van der Waals surface area contributed by atoms with E-state index in [1.807, 2.05) is 24.3 Å². The van der Waals surface area contributed by atoms with E-state index in [1.165, 1.54) is 6.07 Å². The Morgan fingerprint density at radius 3 is 2.43 bits per heavy atom. The molecule has 1 aliphatic heterocycles. The van der Waals surface area contributed by atoms with Gasteiger partial charge in [-0.1, -0.05) is 12.1 Å². The molecule has 0 bridgehead atoms. The van der Waals surface area contributed by atoms with E-state index >= 15 is 0 Å². The van der Waals surface area contributed by atoms with Crippen LogP contribution in [0.3, 0.4) is 0 Å². The van der Waals surface area contributed by atoms with E-state index in [0.717, 1.165) is 15.6 Å². The fourth-order valence-corrected chi connectivity index (χ4v) is 5.59. The van der Waals surface area contributed by atoms with Crippen molar-refractivity contribution in [3.63, 3.8) is 0 Å². The van der Waals surface area contributed by atoms with Crippen molar-refractivity contribution in [3.8, 4) is 34.5 Å². The third-order valence-corrected chi connectivity index (χ3v) is 7.47. The van der Waals surface area contributed by atoms with Crippen LogP contribution in [-0.4, -0.2) is 39.0 Å². The number of methoxy groups -OCH3 is 3. The Morgan fingerprint density at radius 1 is 0.971 bits per heavy atom.